The summed E-state index contributed by atoms with van der Waals surface area (Å²) in [4.78, 5) is 24.3. The van der Waals surface area contributed by atoms with E-state index in [1.807, 2.05) is 56.3 Å². The van der Waals surface area contributed by atoms with Crippen LogP contribution in [0.25, 0.3) is 0 Å². The summed E-state index contributed by atoms with van der Waals surface area (Å²) in [5.74, 6) is -1.48. The number of carbonyl (C=O) groups is 2. The number of hydrogen-bond acceptors (Lipinski definition) is 3. The maximum absolute atomic E-state index is 12.2. The van der Waals surface area contributed by atoms with E-state index < -0.39 is 17.4 Å². The lowest BCUT2D eigenvalue weighted by atomic mass is 9.96. The van der Waals surface area contributed by atoms with Crippen molar-refractivity contribution in [1.29, 1.82) is 0 Å². The third-order valence-corrected chi connectivity index (χ3v) is 4.79. The first-order valence-corrected chi connectivity index (χ1v) is 8.37. The number of fused-ring (bicyclic) bond motifs is 1. The predicted octanol–water partition coefficient (Wildman–Crippen LogP) is 2.19. The van der Waals surface area contributed by atoms with Crippen LogP contribution in [-0.2, 0) is 21.6 Å². The molecule has 0 aromatic heterocycles. The molecule has 0 fully saturated rings. The summed E-state index contributed by atoms with van der Waals surface area (Å²) in [6.07, 6.45) is 1.29. The summed E-state index contributed by atoms with van der Waals surface area (Å²) < 4.78 is 0. The molecule has 0 radical (unpaired) electrons. The van der Waals surface area contributed by atoms with Crippen LogP contribution < -0.4 is 10.6 Å². The number of rotatable bonds is 3. The zero-order valence-electron chi connectivity index (χ0n) is 14.4. The largest absolute Gasteiger partial charge is 0.383 e. The van der Waals surface area contributed by atoms with E-state index in [9.17, 15) is 14.7 Å². The number of anilines is 1. The monoisotopic (exact) mass is 338 g/mol. The Morgan fingerprint density at radius 3 is 2.44 bits per heavy atom. The van der Waals surface area contributed by atoms with Gasteiger partial charge in [-0.25, -0.2) is 0 Å². The first kappa shape index (κ1) is 17.2. The Kier molecular flexibility index (Phi) is 4.59. The zero-order valence-corrected chi connectivity index (χ0v) is 14.4. The van der Waals surface area contributed by atoms with Gasteiger partial charge in [0.15, 0.2) is 0 Å². The summed E-state index contributed by atoms with van der Waals surface area (Å²) in [5, 5.41) is 16.0. The normalized spacial score (nSPS) is 18.5. The minimum absolute atomic E-state index is 0.0169. The maximum Gasteiger partial charge on any atom is 0.313 e. The molecule has 1 atom stereocenters. The molecule has 0 saturated heterocycles. The van der Waals surface area contributed by atoms with Crippen LogP contribution in [-0.4, -0.2) is 23.5 Å². The number of carbonyl (C=O) groups excluding carboxylic acids is 2. The molecule has 1 aliphatic carbocycles. The summed E-state index contributed by atoms with van der Waals surface area (Å²) in [5.41, 5.74) is 3.22. The van der Waals surface area contributed by atoms with E-state index in [0.29, 0.717) is 12.1 Å². The number of para-hydroxylation sites is 1. The second-order valence-electron chi connectivity index (χ2n) is 6.59. The van der Waals surface area contributed by atoms with E-state index in [4.69, 9.17) is 0 Å². The van der Waals surface area contributed by atoms with E-state index in [2.05, 4.69) is 10.6 Å². The average molecular weight is 338 g/mol. The van der Waals surface area contributed by atoms with E-state index in [-0.39, 0.29) is 6.54 Å². The van der Waals surface area contributed by atoms with Crippen LogP contribution in [0, 0.1) is 13.8 Å². The molecule has 0 saturated carbocycles. The Balaban J connectivity index is 1.64. The summed E-state index contributed by atoms with van der Waals surface area (Å²) in [6.45, 7) is 3.76. The fraction of sp³-hybridized carbons (Fsp3) is 0.300. The highest BCUT2D eigenvalue weighted by atomic mass is 16.3. The Bertz CT molecular complexity index is 811. The molecule has 0 heterocycles. The standard InChI is InChI=1S/C20H22N2O3/c1-13-6-5-7-14(2)17(13)22-19(24)18(23)21-12-20(25)11-10-15-8-3-4-9-16(15)20/h3-9,25H,10-12H2,1-2H3,(H,21,23)(H,22,24). The van der Waals surface area contributed by atoms with Crippen molar-refractivity contribution in [2.45, 2.75) is 32.3 Å². The Morgan fingerprint density at radius 2 is 1.72 bits per heavy atom. The molecule has 2 amide bonds. The quantitative estimate of drug-likeness (QED) is 0.751. The minimum Gasteiger partial charge on any atom is -0.383 e. The lowest BCUT2D eigenvalue weighted by Gasteiger charge is -2.24. The third-order valence-electron chi connectivity index (χ3n) is 4.79. The summed E-state index contributed by atoms with van der Waals surface area (Å²) >= 11 is 0. The van der Waals surface area contributed by atoms with Gasteiger partial charge in [-0.2, -0.15) is 0 Å². The van der Waals surface area contributed by atoms with Crippen molar-refractivity contribution in [2.75, 3.05) is 11.9 Å². The fourth-order valence-electron chi connectivity index (χ4n) is 3.34. The summed E-state index contributed by atoms with van der Waals surface area (Å²) in [6, 6.07) is 13.3. The SMILES string of the molecule is Cc1cccc(C)c1NC(=O)C(=O)NCC1(O)CCc2ccccc21. The van der Waals surface area contributed by atoms with Crippen molar-refractivity contribution < 1.29 is 14.7 Å². The smallest absolute Gasteiger partial charge is 0.313 e. The molecule has 3 N–H and O–H groups in total. The number of amides is 2. The van der Waals surface area contributed by atoms with Crippen molar-refractivity contribution in [3.8, 4) is 0 Å². The number of hydrogen-bond donors (Lipinski definition) is 3. The third kappa shape index (κ3) is 3.42. The lowest BCUT2D eigenvalue weighted by Crippen LogP contribution is -2.43. The molecule has 3 rings (SSSR count). The molecule has 130 valence electrons. The van der Waals surface area contributed by atoms with Crippen molar-refractivity contribution >= 4 is 17.5 Å². The van der Waals surface area contributed by atoms with Gasteiger partial charge in [0.1, 0.15) is 5.60 Å². The molecule has 5 heteroatoms. The molecule has 25 heavy (non-hydrogen) atoms. The van der Waals surface area contributed by atoms with Gasteiger partial charge in [0, 0.05) is 5.69 Å². The van der Waals surface area contributed by atoms with Crippen LogP contribution in [0.2, 0.25) is 0 Å². The lowest BCUT2D eigenvalue weighted by molar-refractivity contribution is -0.136. The van der Waals surface area contributed by atoms with Crippen molar-refractivity contribution in [3.05, 3.63) is 64.7 Å². The van der Waals surface area contributed by atoms with Gasteiger partial charge in [-0.3, -0.25) is 9.59 Å². The number of benzene rings is 2. The van der Waals surface area contributed by atoms with E-state index in [1.165, 1.54) is 0 Å². The molecule has 0 bridgehead atoms. The fourth-order valence-corrected chi connectivity index (χ4v) is 3.34. The molecule has 1 unspecified atom stereocenters. The zero-order chi connectivity index (χ0) is 18.0. The van der Waals surface area contributed by atoms with E-state index >= 15 is 0 Å². The van der Waals surface area contributed by atoms with Crippen LogP contribution in [0.4, 0.5) is 5.69 Å². The molecule has 1 aliphatic rings. The number of aliphatic hydroxyl groups is 1. The minimum atomic E-state index is -1.12. The second kappa shape index (κ2) is 6.69. The maximum atomic E-state index is 12.2. The second-order valence-corrected chi connectivity index (χ2v) is 6.59. The average Bonchev–Trinajstić information content (AvgIpc) is 2.94. The topological polar surface area (TPSA) is 78.4 Å². The highest BCUT2D eigenvalue weighted by Crippen LogP contribution is 2.36. The van der Waals surface area contributed by atoms with Crippen molar-refractivity contribution in [2.24, 2.45) is 0 Å². The molecular weight excluding hydrogens is 316 g/mol. The predicted molar refractivity (Wildman–Crippen MR) is 96.2 cm³/mol. The van der Waals surface area contributed by atoms with Crippen molar-refractivity contribution in [1.82, 2.24) is 5.32 Å². The van der Waals surface area contributed by atoms with Gasteiger partial charge >= 0.3 is 11.8 Å². The van der Waals surface area contributed by atoms with Gasteiger partial charge in [-0.05, 0) is 48.9 Å². The first-order chi connectivity index (χ1) is 11.9. The van der Waals surface area contributed by atoms with Gasteiger partial charge in [0.2, 0.25) is 0 Å². The van der Waals surface area contributed by atoms with Gasteiger partial charge in [0.25, 0.3) is 0 Å². The van der Waals surface area contributed by atoms with E-state index in [0.717, 1.165) is 28.7 Å². The van der Waals surface area contributed by atoms with Gasteiger partial charge < -0.3 is 15.7 Å². The van der Waals surface area contributed by atoms with Gasteiger partial charge in [-0.1, -0.05) is 42.5 Å². The van der Waals surface area contributed by atoms with E-state index in [1.54, 1.807) is 0 Å². The summed E-state index contributed by atoms with van der Waals surface area (Å²) in [7, 11) is 0. The molecule has 2 aromatic carbocycles. The molecule has 2 aromatic rings. The Labute approximate surface area is 147 Å². The molecule has 0 aliphatic heterocycles. The molecular formula is C20H22N2O3. The van der Waals surface area contributed by atoms with Crippen LogP contribution in [0.5, 0.6) is 0 Å². The Morgan fingerprint density at radius 1 is 1.04 bits per heavy atom. The highest BCUT2D eigenvalue weighted by Gasteiger charge is 2.37. The van der Waals surface area contributed by atoms with Crippen LogP contribution >= 0.6 is 0 Å². The van der Waals surface area contributed by atoms with Crippen molar-refractivity contribution in [3.63, 3.8) is 0 Å². The highest BCUT2D eigenvalue weighted by molar-refractivity contribution is 6.39. The number of aryl methyl sites for hydroxylation is 3. The van der Waals surface area contributed by atoms with Crippen LogP contribution in [0.1, 0.15) is 28.7 Å². The van der Waals surface area contributed by atoms with Gasteiger partial charge in [0.05, 0.1) is 6.54 Å². The molecule has 5 nitrogen and oxygen atoms in total. The van der Waals surface area contributed by atoms with Crippen LogP contribution in [0.15, 0.2) is 42.5 Å². The Hall–Kier alpha value is -2.66. The van der Waals surface area contributed by atoms with Gasteiger partial charge in [-0.15, -0.1) is 0 Å². The number of nitrogens with one attached hydrogen (secondary N) is 2. The first-order valence-electron chi connectivity index (χ1n) is 8.37. The van der Waals surface area contributed by atoms with Crippen LogP contribution in [0.3, 0.4) is 0 Å². The molecule has 0 spiro atoms.